The van der Waals surface area contributed by atoms with Crippen molar-refractivity contribution in [2.24, 2.45) is 0 Å². The minimum absolute atomic E-state index is 0.583. The van der Waals surface area contributed by atoms with Gasteiger partial charge in [-0.05, 0) is 41.9 Å². The van der Waals surface area contributed by atoms with Crippen molar-refractivity contribution >= 4 is 24.4 Å². The van der Waals surface area contributed by atoms with Crippen LogP contribution in [0.25, 0.3) is 0 Å². The van der Waals surface area contributed by atoms with Crippen molar-refractivity contribution in [1.82, 2.24) is 20.2 Å². The van der Waals surface area contributed by atoms with Crippen molar-refractivity contribution in [2.45, 2.75) is 43.3 Å². The maximum Gasteiger partial charge on any atom is 0.209 e. The topological polar surface area (TPSA) is 43.6 Å². The molecule has 1 aromatic rings. The molecule has 1 aliphatic carbocycles. The molecule has 0 spiro atoms. The molecule has 0 aromatic carbocycles. The standard InChI is InChI=1S/C9H16N4S2/c14-6-2-1-3-7-15-9-10-11-12-13(9)8-4-5-8/h8,14H,1-7H2. The normalized spacial score (nSPS) is 15.8. The van der Waals surface area contributed by atoms with Gasteiger partial charge in [0.1, 0.15) is 0 Å². The number of rotatable bonds is 7. The SMILES string of the molecule is SCCCCCSc1nnnn1C1CC1. The number of hydrogen-bond acceptors (Lipinski definition) is 5. The van der Waals surface area contributed by atoms with Gasteiger partial charge in [-0.2, -0.15) is 12.6 Å². The molecule has 0 bridgehead atoms. The largest absolute Gasteiger partial charge is 0.217 e. The third kappa shape index (κ3) is 3.38. The van der Waals surface area contributed by atoms with Crippen LogP contribution >= 0.6 is 24.4 Å². The highest BCUT2D eigenvalue weighted by molar-refractivity contribution is 7.99. The highest BCUT2D eigenvalue weighted by Crippen LogP contribution is 2.36. The molecule has 15 heavy (non-hydrogen) atoms. The Hall–Kier alpha value is -0.230. The molecule has 1 heterocycles. The molecule has 0 amide bonds. The molecule has 1 fully saturated rings. The lowest BCUT2D eigenvalue weighted by atomic mass is 10.3. The number of tetrazole rings is 1. The van der Waals surface area contributed by atoms with Gasteiger partial charge < -0.3 is 0 Å². The summed E-state index contributed by atoms with van der Waals surface area (Å²) in [6, 6.07) is 0.583. The Balaban J connectivity index is 1.70. The van der Waals surface area contributed by atoms with Crippen LogP contribution in [0.1, 0.15) is 38.1 Å². The van der Waals surface area contributed by atoms with E-state index in [-0.39, 0.29) is 0 Å². The molecule has 4 nitrogen and oxygen atoms in total. The molecule has 0 unspecified atom stereocenters. The lowest BCUT2D eigenvalue weighted by Gasteiger charge is -2.01. The van der Waals surface area contributed by atoms with E-state index in [2.05, 4.69) is 28.2 Å². The van der Waals surface area contributed by atoms with Gasteiger partial charge in [0.2, 0.25) is 5.16 Å². The average Bonchev–Trinajstić information content (AvgIpc) is 2.99. The zero-order valence-corrected chi connectivity index (χ0v) is 10.4. The minimum Gasteiger partial charge on any atom is -0.217 e. The Labute approximate surface area is 99.6 Å². The summed E-state index contributed by atoms with van der Waals surface area (Å²) < 4.78 is 1.98. The van der Waals surface area contributed by atoms with Crippen LogP contribution in [0, 0.1) is 0 Å². The molecule has 0 N–H and O–H groups in total. The minimum atomic E-state index is 0.583. The highest BCUT2D eigenvalue weighted by Gasteiger charge is 2.27. The monoisotopic (exact) mass is 244 g/mol. The molecule has 0 aliphatic heterocycles. The molecule has 0 saturated heterocycles. The van der Waals surface area contributed by atoms with Crippen molar-refractivity contribution in [1.29, 1.82) is 0 Å². The summed E-state index contributed by atoms with van der Waals surface area (Å²) in [5.41, 5.74) is 0. The van der Waals surface area contributed by atoms with Gasteiger partial charge in [-0.3, -0.25) is 0 Å². The van der Waals surface area contributed by atoms with E-state index >= 15 is 0 Å². The number of nitrogens with zero attached hydrogens (tertiary/aromatic N) is 4. The number of aromatic nitrogens is 4. The summed E-state index contributed by atoms with van der Waals surface area (Å²) in [5, 5.41) is 12.8. The van der Waals surface area contributed by atoms with Crippen molar-refractivity contribution in [3.8, 4) is 0 Å². The van der Waals surface area contributed by atoms with Gasteiger partial charge in [-0.25, -0.2) is 4.68 Å². The van der Waals surface area contributed by atoms with Crippen molar-refractivity contribution in [3.05, 3.63) is 0 Å². The maximum absolute atomic E-state index is 4.19. The predicted octanol–water partition coefficient (Wildman–Crippen LogP) is 2.20. The molecule has 1 aliphatic rings. The van der Waals surface area contributed by atoms with Gasteiger partial charge in [0.05, 0.1) is 6.04 Å². The van der Waals surface area contributed by atoms with E-state index in [4.69, 9.17) is 0 Å². The predicted molar refractivity (Wildman–Crippen MR) is 64.5 cm³/mol. The van der Waals surface area contributed by atoms with Gasteiger partial charge in [0.25, 0.3) is 0 Å². The van der Waals surface area contributed by atoms with E-state index in [0.29, 0.717) is 6.04 Å². The summed E-state index contributed by atoms with van der Waals surface area (Å²) in [7, 11) is 0. The summed E-state index contributed by atoms with van der Waals surface area (Å²) in [6.45, 7) is 0. The van der Waals surface area contributed by atoms with Gasteiger partial charge in [-0.15, -0.1) is 5.10 Å². The Morgan fingerprint density at radius 2 is 2.20 bits per heavy atom. The van der Waals surface area contributed by atoms with Crippen LogP contribution in [0.2, 0.25) is 0 Å². The average molecular weight is 244 g/mol. The molecule has 1 saturated carbocycles. The quantitative estimate of drug-likeness (QED) is 0.454. The zero-order valence-electron chi connectivity index (χ0n) is 8.67. The van der Waals surface area contributed by atoms with Crippen LogP contribution in [0.15, 0.2) is 5.16 Å². The van der Waals surface area contributed by atoms with E-state index in [1.165, 1.54) is 32.1 Å². The molecular formula is C9H16N4S2. The fraction of sp³-hybridized carbons (Fsp3) is 0.889. The highest BCUT2D eigenvalue weighted by atomic mass is 32.2. The third-order valence-electron chi connectivity index (χ3n) is 2.39. The van der Waals surface area contributed by atoms with Crippen molar-refractivity contribution < 1.29 is 0 Å². The number of thiol groups is 1. The smallest absolute Gasteiger partial charge is 0.209 e. The Kier molecular flexibility index (Phi) is 4.31. The molecular weight excluding hydrogens is 228 g/mol. The summed E-state index contributed by atoms with van der Waals surface area (Å²) >= 11 is 5.97. The molecule has 1 aromatic heterocycles. The van der Waals surface area contributed by atoms with Crippen LogP contribution in [-0.2, 0) is 0 Å². The van der Waals surface area contributed by atoms with Crippen LogP contribution < -0.4 is 0 Å². The van der Waals surface area contributed by atoms with E-state index in [1.54, 1.807) is 11.8 Å². The lowest BCUT2D eigenvalue weighted by molar-refractivity contribution is 0.565. The van der Waals surface area contributed by atoms with Gasteiger partial charge in [-0.1, -0.05) is 18.2 Å². The first-order valence-electron chi connectivity index (χ1n) is 5.43. The number of thioether (sulfide) groups is 1. The zero-order chi connectivity index (χ0) is 10.5. The van der Waals surface area contributed by atoms with E-state index in [9.17, 15) is 0 Å². The Bertz CT molecular complexity index is 298. The Morgan fingerprint density at radius 1 is 1.33 bits per heavy atom. The second-order valence-electron chi connectivity index (χ2n) is 3.77. The fourth-order valence-corrected chi connectivity index (χ4v) is 2.55. The van der Waals surface area contributed by atoms with E-state index in [1.807, 2.05) is 4.68 Å². The molecule has 84 valence electrons. The van der Waals surface area contributed by atoms with E-state index in [0.717, 1.165) is 16.7 Å². The van der Waals surface area contributed by atoms with E-state index < -0.39 is 0 Å². The first-order chi connectivity index (χ1) is 7.42. The Morgan fingerprint density at radius 3 is 2.93 bits per heavy atom. The molecule has 2 rings (SSSR count). The summed E-state index contributed by atoms with van der Waals surface area (Å²) in [6.07, 6.45) is 6.15. The summed E-state index contributed by atoms with van der Waals surface area (Å²) in [5.74, 6) is 2.10. The number of unbranched alkanes of at least 4 members (excludes halogenated alkanes) is 2. The summed E-state index contributed by atoms with van der Waals surface area (Å²) in [4.78, 5) is 0. The van der Waals surface area contributed by atoms with Crippen LogP contribution in [0.5, 0.6) is 0 Å². The molecule has 6 heteroatoms. The second kappa shape index (κ2) is 5.75. The van der Waals surface area contributed by atoms with Gasteiger partial charge in [0, 0.05) is 5.75 Å². The molecule has 0 radical (unpaired) electrons. The molecule has 0 atom stereocenters. The van der Waals surface area contributed by atoms with Crippen LogP contribution in [0.4, 0.5) is 0 Å². The maximum atomic E-state index is 4.19. The first kappa shape index (κ1) is 11.3. The van der Waals surface area contributed by atoms with Crippen molar-refractivity contribution in [3.63, 3.8) is 0 Å². The lowest BCUT2D eigenvalue weighted by Crippen LogP contribution is -1.99. The second-order valence-corrected chi connectivity index (χ2v) is 5.28. The van der Waals surface area contributed by atoms with Gasteiger partial charge in [0.15, 0.2) is 0 Å². The number of hydrogen-bond donors (Lipinski definition) is 1. The third-order valence-corrected chi connectivity index (χ3v) is 3.72. The van der Waals surface area contributed by atoms with Crippen molar-refractivity contribution in [2.75, 3.05) is 11.5 Å². The fourth-order valence-electron chi connectivity index (χ4n) is 1.38. The van der Waals surface area contributed by atoms with Crippen LogP contribution in [-0.4, -0.2) is 31.7 Å². The first-order valence-corrected chi connectivity index (χ1v) is 7.05. The van der Waals surface area contributed by atoms with Gasteiger partial charge >= 0.3 is 0 Å². The van der Waals surface area contributed by atoms with Crippen LogP contribution in [0.3, 0.4) is 0 Å².